The predicted molar refractivity (Wildman–Crippen MR) is 72.7 cm³/mol. The summed E-state index contributed by atoms with van der Waals surface area (Å²) in [6, 6.07) is 4.98. The molecular weight excluding hydrogens is 284 g/mol. The van der Waals surface area contributed by atoms with E-state index in [2.05, 4.69) is 5.32 Å². The fourth-order valence-electron chi connectivity index (χ4n) is 1.50. The van der Waals surface area contributed by atoms with Gasteiger partial charge in [0.2, 0.25) is 0 Å². The van der Waals surface area contributed by atoms with Crippen LogP contribution in [0.5, 0.6) is 11.5 Å². The van der Waals surface area contributed by atoms with Crippen LogP contribution in [0.25, 0.3) is 0 Å². The molecule has 0 atom stereocenters. The van der Waals surface area contributed by atoms with Crippen LogP contribution in [0.15, 0.2) is 12.1 Å². The molecule has 2 N–H and O–H groups in total. The van der Waals surface area contributed by atoms with Crippen LogP contribution < -0.4 is 14.8 Å². The topological polar surface area (TPSA) is 91.6 Å². The zero-order chi connectivity index (χ0) is 15.0. The molecule has 1 rings (SSSR count). The maximum atomic E-state index is 11.5. The molecule has 1 aromatic rings. The number of rotatable bonds is 7. The number of halogens is 1. The number of hydrogen-bond donors (Lipinski definition) is 2. The number of carbonyl (C=O) groups excluding carboxylic acids is 1. The average molecular weight is 299 g/mol. The second-order valence-electron chi connectivity index (χ2n) is 3.80. The second-order valence-corrected chi connectivity index (χ2v) is 4.24. The van der Waals surface area contributed by atoms with E-state index in [9.17, 15) is 9.90 Å². The molecule has 0 unspecified atom stereocenters. The van der Waals surface area contributed by atoms with Gasteiger partial charge < -0.3 is 19.9 Å². The number of benzene rings is 1. The Morgan fingerprint density at radius 1 is 1.55 bits per heavy atom. The number of carbonyl (C=O) groups is 1. The summed E-state index contributed by atoms with van der Waals surface area (Å²) in [6.07, 6.45) is 0.234. The Labute approximate surface area is 121 Å². The monoisotopic (exact) mass is 298 g/mol. The molecule has 0 fully saturated rings. The lowest BCUT2D eigenvalue weighted by Crippen LogP contribution is -2.29. The molecule has 0 saturated heterocycles. The molecule has 1 aromatic carbocycles. The number of nitrogens with one attached hydrogen (secondary N) is 1. The standard InChI is InChI=1S/C13H15ClN2O4/c1-19-11-6-10(14)5-9(7-17)13(11)20-8-12(18)16-4-2-3-15/h5-6,17H,2,4,7-8H2,1H3,(H,16,18). The molecule has 0 aliphatic heterocycles. The van der Waals surface area contributed by atoms with Gasteiger partial charge >= 0.3 is 0 Å². The Hall–Kier alpha value is -1.97. The molecule has 0 aliphatic carbocycles. The number of amides is 1. The van der Waals surface area contributed by atoms with Gasteiger partial charge in [-0.1, -0.05) is 11.6 Å². The van der Waals surface area contributed by atoms with E-state index in [1.165, 1.54) is 19.2 Å². The van der Waals surface area contributed by atoms with Gasteiger partial charge in [0, 0.05) is 23.2 Å². The average Bonchev–Trinajstić information content (AvgIpc) is 2.45. The van der Waals surface area contributed by atoms with Crippen molar-refractivity contribution in [2.45, 2.75) is 13.0 Å². The molecule has 0 aliphatic rings. The Kier molecular flexibility index (Phi) is 6.64. The highest BCUT2D eigenvalue weighted by atomic mass is 35.5. The fraction of sp³-hybridized carbons (Fsp3) is 0.385. The summed E-state index contributed by atoms with van der Waals surface area (Å²) in [6.45, 7) is -0.262. The van der Waals surface area contributed by atoms with Gasteiger partial charge in [-0.05, 0) is 6.07 Å². The number of aliphatic hydroxyl groups excluding tert-OH is 1. The molecule has 0 aromatic heterocycles. The van der Waals surface area contributed by atoms with Gasteiger partial charge in [0.25, 0.3) is 5.91 Å². The largest absolute Gasteiger partial charge is 0.493 e. The minimum atomic E-state index is -0.360. The van der Waals surface area contributed by atoms with Crippen molar-refractivity contribution < 1.29 is 19.4 Å². The van der Waals surface area contributed by atoms with E-state index in [-0.39, 0.29) is 37.8 Å². The van der Waals surface area contributed by atoms with Gasteiger partial charge in [0.1, 0.15) is 0 Å². The molecule has 108 valence electrons. The van der Waals surface area contributed by atoms with Crippen molar-refractivity contribution >= 4 is 17.5 Å². The minimum absolute atomic E-state index is 0.234. The van der Waals surface area contributed by atoms with Crippen molar-refractivity contribution in [3.8, 4) is 17.6 Å². The summed E-state index contributed by atoms with van der Waals surface area (Å²) < 4.78 is 10.5. The van der Waals surface area contributed by atoms with Crippen LogP contribution >= 0.6 is 11.6 Å². The third-order valence-corrected chi connectivity index (χ3v) is 2.61. The lowest BCUT2D eigenvalue weighted by Gasteiger charge is -2.14. The van der Waals surface area contributed by atoms with Crippen LogP contribution in [0.2, 0.25) is 5.02 Å². The van der Waals surface area contributed by atoms with Crippen molar-refractivity contribution in [2.75, 3.05) is 20.3 Å². The molecule has 0 heterocycles. The summed E-state index contributed by atoms with van der Waals surface area (Å²) in [5.41, 5.74) is 0.430. The van der Waals surface area contributed by atoms with Crippen LogP contribution in [0, 0.1) is 11.3 Å². The molecule has 0 saturated carbocycles. The first-order valence-electron chi connectivity index (χ1n) is 5.86. The van der Waals surface area contributed by atoms with E-state index < -0.39 is 0 Å². The van der Waals surface area contributed by atoms with E-state index in [0.717, 1.165) is 0 Å². The summed E-state index contributed by atoms with van der Waals surface area (Å²) in [5, 5.41) is 20.6. The normalized spacial score (nSPS) is 9.70. The highest BCUT2D eigenvalue weighted by molar-refractivity contribution is 6.30. The highest BCUT2D eigenvalue weighted by Crippen LogP contribution is 2.34. The van der Waals surface area contributed by atoms with Crippen LogP contribution in [0.1, 0.15) is 12.0 Å². The lowest BCUT2D eigenvalue weighted by atomic mass is 10.2. The summed E-state index contributed by atoms with van der Waals surface area (Å²) in [4.78, 5) is 11.5. The van der Waals surface area contributed by atoms with Crippen molar-refractivity contribution in [3.05, 3.63) is 22.7 Å². The first-order valence-corrected chi connectivity index (χ1v) is 6.23. The molecule has 0 spiro atoms. The lowest BCUT2D eigenvalue weighted by molar-refractivity contribution is -0.123. The Bertz CT molecular complexity index is 489. The molecule has 1 amide bonds. The molecule has 6 nitrogen and oxygen atoms in total. The number of methoxy groups -OCH3 is 1. The van der Waals surface area contributed by atoms with Gasteiger partial charge in [-0.15, -0.1) is 0 Å². The van der Waals surface area contributed by atoms with Crippen LogP contribution in [-0.4, -0.2) is 31.3 Å². The van der Waals surface area contributed by atoms with Gasteiger partial charge in [-0.2, -0.15) is 5.26 Å². The van der Waals surface area contributed by atoms with E-state index >= 15 is 0 Å². The van der Waals surface area contributed by atoms with E-state index in [4.69, 9.17) is 26.3 Å². The quantitative estimate of drug-likeness (QED) is 0.739. The number of aliphatic hydroxyl groups is 1. The molecule has 7 heteroatoms. The Morgan fingerprint density at radius 2 is 2.30 bits per heavy atom. The predicted octanol–water partition coefficient (Wildman–Crippen LogP) is 1.25. The van der Waals surface area contributed by atoms with E-state index in [1.54, 1.807) is 0 Å². The van der Waals surface area contributed by atoms with Crippen molar-refractivity contribution in [1.29, 1.82) is 5.26 Å². The number of ether oxygens (including phenoxy) is 2. The van der Waals surface area contributed by atoms with Crippen molar-refractivity contribution in [3.63, 3.8) is 0 Å². The smallest absolute Gasteiger partial charge is 0.257 e. The Balaban J connectivity index is 2.72. The van der Waals surface area contributed by atoms with Gasteiger partial charge in [-0.3, -0.25) is 4.79 Å². The first-order chi connectivity index (χ1) is 9.62. The maximum Gasteiger partial charge on any atom is 0.257 e. The summed E-state index contributed by atoms with van der Waals surface area (Å²) in [5.74, 6) is 0.252. The SMILES string of the molecule is COc1cc(Cl)cc(CO)c1OCC(=O)NCCC#N. The van der Waals surface area contributed by atoms with Crippen LogP contribution in [-0.2, 0) is 11.4 Å². The minimum Gasteiger partial charge on any atom is -0.493 e. The van der Waals surface area contributed by atoms with E-state index in [0.29, 0.717) is 16.3 Å². The number of nitrogens with zero attached hydrogens (tertiary/aromatic N) is 1. The first kappa shape index (κ1) is 16.1. The Morgan fingerprint density at radius 3 is 2.90 bits per heavy atom. The third-order valence-electron chi connectivity index (χ3n) is 2.39. The zero-order valence-corrected chi connectivity index (χ0v) is 11.7. The van der Waals surface area contributed by atoms with Crippen molar-refractivity contribution in [2.24, 2.45) is 0 Å². The van der Waals surface area contributed by atoms with Crippen LogP contribution in [0.4, 0.5) is 0 Å². The van der Waals surface area contributed by atoms with Crippen molar-refractivity contribution in [1.82, 2.24) is 5.32 Å². The molecule has 0 bridgehead atoms. The van der Waals surface area contributed by atoms with Gasteiger partial charge in [0.15, 0.2) is 18.1 Å². The third kappa shape index (κ3) is 4.61. The van der Waals surface area contributed by atoms with Gasteiger partial charge in [0.05, 0.1) is 26.2 Å². The summed E-state index contributed by atoms with van der Waals surface area (Å²) >= 11 is 5.87. The summed E-state index contributed by atoms with van der Waals surface area (Å²) in [7, 11) is 1.44. The molecular formula is C13H15ClN2O4. The second kappa shape index (κ2) is 8.25. The van der Waals surface area contributed by atoms with Gasteiger partial charge in [-0.25, -0.2) is 0 Å². The number of nitriles is 1. The molecule has 0 radical (unpaired) electrons. The van der Waals surface area contributed by atoms with Crippen LogP contribution in [0.3, 0.4) is 0 Å². The maximum absolute atomic E-state index is 11.5. The van der Waals surface area contributed by atoms with E-state index in [1.807, 2.05) is 6.07 Å². The fourth-order valence-corrected chi connectivity index (χ4v) is 1.73. The highest BCUT2D eigenvalue weighted by Gasteiger charge is 2.13. The zero-order valence-electron chi connectivity index (χ0n) is 11.0. The number of hydrogen-bond acceptors (Lipinski definition) is 5. The molecule has 20 heavy (non-hydrogen) atoms.